The molecule has 0 spiro atoms. The van der Waals surface area contributed by atoms with Gasteiger partial charge in [0.2, 0.25) is 0 Å². The Labute approximate surface area is 130 Å². The van der Waals surface area contributed by atoms with E-state index in [0.717, 1.165) is 16.7 Å². The lowest BCUT2D eigenvalue weighted by atomic mass is 9.88. The van der Waals surface area contributed by atoms with Gasteiger partial charge in [0.15, 0.2) is 0 Å². The number of benzene rings is 2. The predicted molar refractivity (Wildman–Crippen MR) is 85.9 cm³/mol. The maximum absolute atomic E-state index is 10.8. The molecule has 0 aliphatic heterocycles. The number of ether oxygens (including phenoxy) is 1. The fourth-order valence-corrected chi connectivity index (χ4v) is 2.78. The third-order valence-electron chi connectivity index (χ3n) is 3.64. The topological polar surface area (TPSA) is 55.5 Å². The van der Waals surface area contributed by atoms with Crippen LogP contribution in [0.4, 0.5) is 0 Å². The summed E-state index contributed by atoms with van der Waals surface area (Å²) in [6, 6.07) is 13.2. The van der Waals surface area contributed by atoms with Crippen LogP contribution < -0.4 is 10.5 Å². The van der Waals surface area contributed by atoms with Crippen molar-refractivity contribution in [1.29, 1.82) is 0 Å². The highest BCUT2D eigenvalue weighted by molar-refractivity contribution is 6.31. The van der Waals surface area contributed by atoms with E-state index in [2.05, 4.69) is 0 Å². The second-order valence-electron chi connectivity index (χ2n) is 5.05. The van der Waals surface area contributed by atoms with Crippen molar-refractivity contribution in [3.63, 3.8) is 0 Å². The highest BCUT2D eigenvalue weighted by Crippen LogP contribution is 2.37. The molecule has 21 heavy (non-hydrogen) atoms. The van der Waals surface area contributed by atoms with E-state index in [-0.39, 0.29) is 5.92 Å². The Morgan fingerprint density at radius 1 is 1.19 bits per heavy atom. The van der Waals surface area contributed by atoms with Crippen LogP contribution in [0.15, 0.2) is 42.5 Å². The molecule has 3 N–H and O–H groups in total. The van der Waals surface area contributed by atoms with Crippen LogP contribution >= 0.6 is 11.6 Å². The van der Waals surface area contributed by atoms with Gasteiger partial charge in [0.1, 0.15) is 5.75 Å². The molecule has 2 rings (SSSR count). The number of methoxy groups -OCH3 is 1. The van der Waals surface area contributed by atoms with Crippen LogP contribution in [0.5, 0.6) is 5.75 Å². The lowest BCUT2D eigenvalue weighted by Gasteiger charge is -2.25. The first-order chi connectivity index (χ1) is 10.1. The van der Waals surface area contributed by atoms with Gasteiger partial charge in [-0.05, 0) is 30.7 Å². The number of halogens is 1. The largest absolute Gasteiger partial charge is 0.496 e. The summed E-state index contributed by atoms with van der Waals surface area (Å²) in [5.41, 5.74) is 8.51. The number of hydrogen-bond donors (Lipinski definition) is 2. The molecule has 0 amide bonds. The molecule has 112 valence electrons. The standard InChI is InChI=1S/C17H20ClNO2/c1-11-7-8-16(21-2)13(9-11)17(20)14(10-19)12-5-3-4-6-15(12)18/h3-9,14,17,20H,10,19H2,1-2H3. The maximum atomic E-state index is 10.8. The van der Waals surface area contributed by atoms with Gasteiger partial charge in [0.25, 0.3) is 0 Å². The van der Waals surface area contributed by atoms with E-state index in [1.165, 1.54) is 0 Å². The average Bonchev–Trinajstić information content (AvgIpc) is 2.49. The zero-order valence-corrected chi connectivity index (χ0v) is 13.0. The highest BCUT2D eigenvalue weighted by Gasteiger charge is 2.25. The fourth-order valence-electron chi connectivity index (χ4n) is 2.50. The van der Waals surface area contributed by atoms with Gasteiger partial charge in [-0.1, -0.05) is 41.4 Å². The molecule has 0 saturated carbocycles. The van der Waals surface area contributed by atoms with Crippen LogP contribution in [0.2, 0.25) is 5.02 Å². The van der Waals surface area contributed by atoms with Gasteiger partial charge in [-0.25, -0.2) is 0 Å². The van der Waals surface area contributed by atoms with Crippen molar-refractivity contribution in [2.75, 3.05) is 13.7 Å². The summed E-state index contributed by atoms with van der Waals surface area (Å²) in [6.07, 6.45) is -0.773. The molecular formula is C17H20ClNO2. The summed E-state index contributed by atoms with van der Waals surface area (Å²) >= 11 is 6.24. The molecule has 0 radical (unpaired) electrons. The molecule has 2 atom stereocenters. The average molecular weight is 306 g/mol. The molecule has 0 aliphatic carbocycles. The lowest BCUT2D eigenvalue weighted by molar-refractivity contribution is 0.143. The zero-order chi connectivity index (χ0) is 15.4. The molecule has 4 heteroatoms. The first-order valence-electron chi connectivity index (χ1n) is 6.85. The van der Waals surface area contributed by atoms with Crippen molar-refractivity contribution >= 4 is 11.6 Å². The molecule has 0 aromatic heterocycles. The molecule has 0 aliphatic rings. The Balaban J connectivity index is 2.44. The van der Waals surface area contributed by atoms with Crippen LogP contribution in [0.3, 0.4) is 0 Å². The van der Waals surface area contributed by atoms with Crippen LogP contribution in [0.1, 0.15) is 28.7 Å². The van der Waals surface area contributed by atoms with E-state index < -0.39 is 6.10 Å². The molecule has 0 heterocycles. The van der Waals surface area contributed by atoms with Crippen molar-refractivity contribution < 1.29 is 9.84 Å². The van der Waals surface area contributed by atoms with Crippen molar-refractivity contribution in [1.82, 2.24) is 0 Å². The van der Waals surface area contributed by atoms with Gasteiger partial charge in [-0.3, -0.25) is 0 Å². The molecule has 0 fully saturated rings. The Morgan fingerprint density at radius 3 is 2.52 bits per heavy atom. The number of aliphatic hydroxyl groups is 1. The molecule has 2 aromatic carbocycles. The summed E-state index contributed by atoms with van der Waals surface area (Å²) in [6.45, 7) is 2.27. The first kappa shape index (κ1) is 15.8. The van der Waals surface area contributed by atoms with Gasteiger partial charge >= 0.3 is 0 Å². The smallest absolute Gasteiger partial charge is 0.124 e. The second kappa shape index (κ2) is 6.94. The quantitative estimate of drug-likeness (QED) is 0.890. The Morgan fingerprint density at radius 2 is 1.90 bits per heavy atom. The van der Waals surface area contributed by atoms with Gasteiger partial charge in [-0.15, -0.1) is 0 Å². The minimum absolute atomic E-state index is 0.283. The van der Waals surface area contributed by atoms with E-state index in [4.69, 9.17) is 22.1 Å². The van der Waals surface area contributed by atoms with E-state index in [0.29, 0.717) is 17.3 Å². The highest BCUT2D eigenvalue weighted by atomic mass is 35.5. The number of aliphatic hydroxyl groups excluding tert-OH is 1. The van der Waals surface area contributed by atoms with Gasteiger partial charge < -0.3 is 15.6 Å². The van der Waals surface area contributed by atoms with Crippen LogP contribution in [-0.4, -0.2) is 18.8 Å². The van der Waals surface area contributed by atoms with Crippen LogP contribution in [0, 0.1) is 6.92 Å². The van der Waals surface area contributed by atoms with E-state index in [9.17, 15) is 5.11 Å². The Hall–Kier alpha value is -1.55. The predicted octanol–water partition coefficient (Wildman–Crippen LogP) is 3.43. The van der Waals surface area contributed by atoms with Gasteiger partial charge in [0.05, 0.1) is 13.2 Å². The summed E-state index contributed by atoms with van der Waals surface area (Å²) in [4.78, 5) is 0. The monoisotopic (exact) mass is 305 g/mol. The molecular weight excluding hydrogens is 286 g/mol. The van der Waals surface area contributed by atoms with E-state index in [1.807, 2.05) is 43.3 Å². The third-order valence-corrected chi connectivity index (χ3v) is 3.99. The number of aryl methyl sites for hydroxylation is 1. The van der Waals surface area contributed by atoms with Crippen molar-refractivity contribution in [3.05, 3.63) is 64.2 Å². The summed E-state index contributed by atoms with van der Waals surface area (Å²) in [5, 5.41) is 11.4. The molecule has 2 aromatic rings. The van der Waals surface area contributed by atoms with E-state index >= 15 is 0 Å². The summed E-state index contributed by atoms with van der Waals surface area (Å²) < 4.78 is 5.35. The number of nitrogens with two attached hydrogens (primary N) is 1. The van der Waals surface area contributed by atoms with Crippen LogP contribution in [0.25, 0.3) is 0 Å². The molecule has 0 saturated heterocycles. The number of rotatable bonds is 5. The SMILES string of the molecule is COc1ccc(C)cc1C(O)C(CN)c1ccccc1Cl. The summed E-state index contributed by atoms with van der Waals surface area (Å²) in [7, 11) is 1.59. The Kier molecular flexibility index (Phi) is 5.23. The Bertz CT molecular complexity index is 615. The van der Waals surface area contributed by atoms with E-state index in [1.54, 1.807) is 13.2 Å². The lowest BCUT2D eigenvalue weighted by Crippen LogP contribution is -2.21. The molecule has 0 bridgehead atoms. The van der Waals surface area contributed by atoms with Gasteiger partial charge in [0, 0.05) is 23.0 Å². The third kappa shape index (κ3) is 3.38. The number of hydrogen-bond acceptors (Lipinski definition) is 3. The molecule has 2 unspecified atom stereocenters. The van der Waals surface area contributed by atoms with Crippen molar-refractivity contribution in [2.45, 2.75) is 18.9 Å². The minimum atomic E-state index is -0.773. The van der Waals surface area contributed by atoms with Gasteiger partial charge in [-0.2, -0.15) is 0 Å². The molecule has 3 nitrogen and oxygen atoms in total. The zero-order valence-electron chi connectivity index (χ0n) is 12.2. The summed E-state index contributed by atoms with van der Waals surface area (Å²) in [5.74, 6) is 0.369. The van der Waals surface area contributed by atoms with Crippen molar-refractivity contribution in [2.24, 2.45) is 5.73 Å². The minimum Gasteiger partial charge on any atom is -0.496 e. The van der Waals surface area contributed by atoms with Crippen molar-refractivity contribution in [3.8, 4) is 5.75 Å². The second-order valence-corrected chi connectivity index (χ2v) is 5.46. The van der Waals surface area contributed by atoms with Crippen LogP contribution in [-0.2, 0) is 0 Å². The normalized spacial score (nSPS) is 13.8. The fraction of sp³-hybridized carbons (Fsp3) is 0.294. The first-order valence-corrected chi connectivity index (χ1v) is 7.23. The maximum Gasteiger partial charge on any atom is 0.124 e.